The molecule has 1 aromatic rings. The first-order chi connectivity index (χ1) is 12.1. The molecule has 1 aromatic carbocycles. The van der Waals surface area contributed by atoms with E-state index in [1.165, 1.54) is 7.05 Å². The molecule has 2 aliphatic rings. The molecule has 3 rings (SSSR count). The van der Waals surface area contributed by atoms with Crippen molar-refractivity contribution in [3.05, 3.63) is 35.9 Å². The molecule has 2 heterocycles. The highest BCUT2D eigenvalue weighted by atomic mass is 32.2. The first-order valence-electron chi connectivity index (χ1n) is 8.40. The molecule has 2 aliphatic heterocycles. The number of rotatable bonds is 1. The predicted molar refractivity (Wildman–Crippen MR) is 98.3 cm³/mol. The van der Waals surface area contributed by atoms with Crippen LogP contribution in [0.1, 0.15) is 26.3 Å². The lowest BCUT2D eigenvalue weighted by atomic mass is 9.88. The number of guanidine groups is 1. The molecule has 26 heavy (non-hydrogen) atoms. The molecule has 0 radical (unpaired) electrons. The van der Waals surface area contributed by atoms with Crippen molar-refractivity contribution in [2.75, 3.05) is 20.1 Å². The van der Waals surface area contributed by atoms with Gasteiger partial charge in [-0.15, -0.1) is 4.99 Å². The van der Waals surface area contributed by atoms with Crippen LogP contribution in [0, 0.1) is 0 Å². The van der Waals surface area contributed by atoms with Crippen molar-refractivity contribution in [2.45, 2.75) is 37.2 Å². The summed E-state index contributed by atoms with van der Waals surface area (Å²) in [6, 6.07) is 9.34. The maximum Gasteiger partial charge on any atom is 0.437 e. The molecule has 2 saturated heterocycles. The van der Waals surface area contributed by atoms with E-state index in [1.54, 1.807) is 20.8 Å². The van der Waals surface area contributed by atoms with Gasteiger partial charge in [-0.2, -0.15) is 0 Å². The summed E-state index contributed by atoms with van der Waals surface area (Å²) in [7, 11) is -2.33. The van der Waals surface area contributed by atoms with E-state index < -0.39 is 32.5 Å². The van der Waals surface area contributed by atoms with E-state index in [0.29, 0.717) is 13.1 Å². The number of benzene rings is 1. The molecule has 0 aromatic heterocycles. The van der Waals surface area contributed by atoms with Gasteiger partial charge in [0.05, 0.1) is 5.54 Å². The molecule has 9 heteroatoms. The molecule has 0 spiro atoms. The topological polar surface area (TPSA) is 100 Å². The third kappa shape index (κ3) is 3.16. The Morgan fingerprint density at radius 1 is 1.31 bits per heavy atom. The van der Waals surface area contributed by atoms with Crippen LogP contribution in [0.3, 0.4) is 0 Å². The number of nitrogens with one attached hydrogen (secondary N) is 2. The molecule has 0 bridgehead atoms. The molecule has 2 fully saturated rings. The second-order valence-electron chi connectivity index (χ2n) is 7.51. The van der Waals surface area contributed by atoms with Gasteiger partial charge in [0.25, 0.3) is 0 Å². The second kappa shape index (κ2) is 6.24. The van der Waals surface area contributed by atoms with Crippen LogP contribution in [0.2, 0.25) is 0 Å². The highest BCUT2D eigenvalue weighted by molar-refractivity contribution is 7.90. The predicted octanol–water partition coefficient (Wildman–Crippen LogP) is 1.01. The number of aliphatic imine (C=N–C) groups is 1. The van der Waals surface area contributed by atoms with Crippen molar-refractivity contribution in [3.63, 3.8) is 0 Å². The Bertz CT molecular complexity index is 832. The normalized spacial score (nSPS) is 29.2. The summed E-state index contributed by atoms with van der Waals surface area (Å²) >= 11 is 0. The second-order valence-corrected chi connectivity index (χ2v) is 9.66. The lowest BCUT2D eigenvalue weighted by molar-refractivity contribution is 0.0601. The van der Waals surface area contributed by atoms with Gasteiger partial charge in [0, 0.05) is 20.1 Å². The van der Waals surface area contributed by atoms with Gasteiger partial charge in [-0.25, -0.2) is 17.5 Å². The van der Waals surface area contributed by atoms with Crippen LogP contribution in [0.25, 0.3) is 0 Å². The molecular weight excluding hydrogens is 356 g/mol. The van der Waals surface area contributed by atoms with Gasteiger partial charge in [-0.3, -0.25) is 0 Å². The maximum absolute atomic E-state index is 13.1. The van der Waals surface area contributed by atoms with Crippen LogP contribution in [-0.2, 0) is 20.3 Å². The first-order valence-corrected chi connectivity index (χ1v) is 9.90. The summed E-state index contributed by atoms with van der Waals surface area (Å²) in [5.41, 5.74) is -0.793. The van der Waals surface area contributed by atoms with Gasteiger partial charge in [-0.1, -0.05) is 30.3 Å². The molecule has 2 N–H and O–H groups in total. The summed E-state index contributed by atoms with van der Waals surface area (Å²) in [4.78, 5) is 16.0. The monoisotopic (exact) mass is 380 g/mol. The Kier molecular flexibility index (Phi) is 4.48. The summed E-state index contributed by atoms with van der Waals surface area (Å²) in [6.45, 7) is 5.89. The minimum atomic E-state index is -3.71. The maximum atomic E-state index is 13.1. The molecule has 8 nitrogen and oxygen atoms in total. The summed E-state index contributed by atoms with van der Waals surface area (Å²) < 4.78 is 32.4. The van der Waals surface area contributed by atoms with E-state index in [1.807, 2.05) is 30.3 Å². The molecule has 2 atom stereocenters. The minimum absolute atomic E-state index is 0.0388. The van der Waals surface area contributed by atoms with Crippen LogP contribution >= 0.6 is 0 Å². The van der Waals surface area contributed by atoms with Crippen LogP contribution in [0.4, 0.5) is 4.79 Å². The average Bonchev–Trinajstić information content (AvgIpc) is 2.98. The van der Waals surface area contributed by atoms with Crippen LogP contribution in [0.5, 0.6) is 0 Å². The zero-order valence-electron chi connectivity index (χ0n) is 15.3. The number of amides is 1. The third-order valence-electron chi connectivity index (χ3n) is 4.54. The van der Waals surface area contributed by atoms with Gasteiger partial charge in [0.15, 0.2) is 0 Å². The van der Waals surface area contributed by atoms with E-state index in [9.17, 15) is 13.2 Å². The summed E-state index contributed by atoms with van der Waals surface area (Å²) in [6.07, 6.45) is -0.838. The zero-order chi connectivity index (χ0) is 19.2. The highest BCUT2D eigenvalue weighted by Gasteiger charge is 2.57. The van der Waals surface area contributed by atoms with Crippen molar-refractivity contribution in [3.8, 4) is 0 Å². The quantitative estimate of drug-likeness (QED) is 0.754. The van der Waals surface area contributed by atoms with Gasteiger partial charge in [-0.05, 0) is 26.3 Å². The number of carbonyl (C=O) groups is 1. The first kappa shape index (κ1) is 18.7. The fourth-order valence-electron chi connectivity index (χ4n) is 3.33. The number of carbonyl (C=O) groups excluding carboxylic acids is 1. The Morgan fingerprint density at radius 3 is 2.58 bits per heavy atom. The van der Waals surface area contributed by atoms with Gasteiger partial charge >= 0.3 is 6.09 Å². The van der Waals surface area contributed by atoms with Crippen molar-refractivity contribution in [2.24, 2.45) is 4.99 Å². The fourth-order valence-corrected chi connectivity index (χ4v) is 5.15. The Morgan fingerprint density at radius 2 is 1.96 bits per heavy atom. The number of hydrogen-bond donors (Lipinski definition) is 2. The highest BCUT2D eigenvalue weighted by Crippen LogP contribution is 2.37. The molecular formula is C17H24N4O4S. The molecule has 142 valence electrons. The van der Waals surface area contributed by atoms with Crippen molar-refractivity contribution in [1.82, 2.24) is 14.9 Å². The van der Waals surface area contributed by atoms with E-state index in [4.69, 9.17) is 4.74 Å². The molecule has 1 unspecified atom stereocenters. The fraction of sp³-hybridized carbons (Fsp3) is 0.529. The van der Waals surface area contributed by atoms with E-state index in [0.717, 1.165) is 9.87 Å². The van der Waals surface area contributed by atoms with Crippen molar-refractivity contribution in [1.29, 1.82) is 0 Å². The Labute approximate surface area is 153 Å². The summed E-state index contributed by atoms with van der Waals surface area (Å²) in [5.74, 6) is -0.0388. The smallest absolute Gasteiger partial charge is 0.437 e. The van der Waals surface area contributed by atoms with Crippen LogP contribution < -0.4 is 10.6 Å². The standard InChI is InChI=1S/C17H24N4O4S/c1-16(2,3)25-15(22)19-14-20-17(12-8-6-5-7-9-12)11-18-10-13(17)26(23,24)21(14)4/h5-9,13,18H,10-11H2,1-4H3,(H,19,20,22)/t13?,17-/m1/s1. The van der Waals surface area contributed by atoms with Crippen molar-refractivity contribution >= 4 is 22.1 Å². The summed E-state index contributed by atoms with van der Waals surface area (Å²) in [5, 5.41) is 5.64. The van der Waals surface area contributed by atoms with Crippen LogP contribution in [-0.4, -0.2) is 55.8 Å². The van der Waals surface area contributed by atoms with Crippen molar-refractivity contribution < 1.29 is 17.9 Å². The van der Waals surface area contributed by atoms with E-state index >= 15 is 0 Å². The van der Waals surface area contributed by atoms with E-state index in [-0.39, 0.29) is 5.96 Å². The molecule has 1 amide bonds. The zero-order valence-corrected chi connectivity index (χ0v) is 16.1. The number of ether oxygens (including phenoxy) is 1. The third-order valence-corrected chi connectivity index (χ3v) is 6.76. The Hall–Kier alpha value is -2.13. The average molecular weight is 380 g/mol. The SMILES string of the molecule is CN1/C(=N/C(=O)OC(C)(C)C)N[C@@]2(c3ccccc3)CNCC2S1(=O)=O. The Balaban J connectivity index is 2.05. The minimum Gasteiger partial charge on any atom is -0.442 e. The van der Waals surface area contributed by atoms with Gasteiger partial charge in [0.2, 0.25) is 16.0 Å². The van der Waals surface area contributed by atoms with Gasteiger partial charge in [0.1, 0.15) is 10.9 Å². The lowest BCUT2D eigenvalue weighted by Gasteiger charge is -2.44. The number of fused-ring (bicyclic) bond motifs is 1. The van der Waals surface area contributed by atoms with Gasteiger partial charge < -0.3 is 15.4 Å². The number of sulfonamides is 1. The molecule has 0 aliphatic carbocycles. The largest absolute Gasteiger partial charge is 0.442 e. The number of hydrogen-bond acceptors (Lipinski definition) is 5. The lowest BCUT2D eigenvalue weighted by Crippen LogP contribution is -2.67. The number of nitrogens with zero attached hydrogens (tertiary/aromatic N) is 2. The molecule has 0 saturated carbocycles. The van der Waals surface area contributed by atoms with E-state index in [2.05, 4.69) is 15.6 Å². The van der Waals surface area contributed by atoms with Crippen LogP contribution in [0.15, 0.2) is 35.3 Å².